The average molecular weight is 279 g/mol. The molecule has 1 fully saturated rings. The molecule has 0 radical (unpaired) electrons. The van der Waals surface area contributed by atoms with Crippen LogP contribution in [0, 0.1) is 6.92 Å². The van der Waals surface area contributed by atoms with Gasteiger partial charge in [0.1, 0.15) is 0 Å². The second kappa shape index (κ2) is 7.43. The fourth-order valence-electron chi connectivity index (χ4n) is 2.54. The zero-order valence-corrected chi connectivity index (χ0v) is 12.6. The van der Waals surface area contributed by atoms with Gasteiger partial charge in [-0.15, -0.1) is 0 Å². The van der Waals surface area contributed by atoms with Crippen LogP contribution in [0.2, 0.25) is 0 Å². The number of rotatable bonds is 6. The van der Waals surface area contributed by atoms with E-state index in [4.69, 9.17) is 4.74 Å². The van der Waals surface area contributed by atoms with E-state index >= 15 is 0 Å². The second-order valence-electron chi connectivity index (χ2n) is 5.36. The molecular weight excluding hydrogens is 254 g/mol. The third kappa shape index (κ3) is 3.82. The summed E-state index contributed by atoms with van der Waals surface area (Å²) in [6.07, 6.45) is 5.52. The van der Waals surface area contributed by atoms with Gasteiger partial charge in [-0.25, -0.2) is 4.98 Å². The largest absolute Gasteiger partial charge is 0.378 e. The van der Waals surface area contributed by atoms with Gasteiger partial charge < -0.3 is 9.64 Å². The highest BCUT2D eigenvalue weighted by molar-refractivity contribution is 5.33. The van der Waals surface area contributed by atoms with Crippen LogP contribution in [0.4, 0.5) is 5.95 Å². The van der Waals surface area contributed by atoms with Crippen molar-refractivity contribution in [1.29, 1.82) is 0 Å². The van der Waals surface area contributed by atoms with Gasteiger partial charge in [-0.1, -0.05) is 26.2 Å². The van der Waals surface area contributed by atoms with Crippen molar-refractivity contribution in [3.63, 3.8) is 0 Å². The van der Waals surface area contributed by atoms with Gasteiger partial charge in [-0.2, -0.15) is 0 Å². The Morgan fingerprint density at radius 2 is 2.00 bits per heavy atom. The second-order valence-corrected chi connectivity index (χ2v) is 5.36. The lowest BCUT2D eigenvalue weighted by Crippen LogP contribution is -2.38. The first-order valence-electron chi connectivity index (χ1n) is 7.65. The summed E-state index contributed by atoms with van der Waals surface area (Å²) < 4.78 is 5.32. The molecule has 1 aromatic rings. The third-order valence-corrected chi connectivity index (χ3v) is 3.80. The molecule has 1 aliphatic heterocycles. The number of aryl methyl sites for hydroxylation is 1. The van der Waals surface area contributed by atoms with E-state index in [1.807, 2.05) is 6.92 Å². The zero-order chi connectivity index (χ0) is 14.4. The van der Waals surface area contributed by atoms with Crippen LogP contribution >= 0.6 is 0 Å². The smallest absolute Gasteiger partial charge is 0.255 e. The maximum atomic E-state index is 12.2. The first-order valence-corrected chi connectivity index (χ1v) is 7.65. The molecule has 0 saturated carbocycles. The zero-order valence-electron chi connectivity index (χ0n) is 12.6. The number of aromatic amines is 1. The van der Waals surface area contributed by atoms with Crippen LogP contribution < -0.4 is 10.5 Å². The van der Waals surface area contributed by atoms with E-state index < -0.39 is 0 Å². The molecule has 0 atom stereocenters. The summed E-state index contributed by atoms with van der Waals surface area (Å²) in [5, 5.41) is 0. The highest BCUT2D eigenvalue weighted by atomic mass is 16.5. The normalized spacial score (nSPS) is 15.6. The Hall–Kier alpha value is -1.36. The van der Waals surface area contributed by atoms with E-state index in [-0.39, 0.29) is 5.56 Å². The number of anilines is 1. The van der Waals surface area contributed by atoms with Crippen molar-refractivity contribution in [3.05, 3.63) is 21.6 Å². The Kier molecular flexibility index (Phi) is 5.59. The fourth-order valence-corrected chi connectivity index (χ4v) is 2.54. The van der Waals surface area contributed by atoms with Gasteiger partial charge in [-0.05, 0) is 19.8 Å². The number of nitrogens with one attached hydrogen (secondary N) is 1. The number of morpholine rings is 1. The summed E-state index contributed by atoms with van der Waals surface area (Å²) in [7, 11) is 0. The van der Waals surface area contributed by atoms with Crippen LogP contribution in [0.3, 0.4) is 0 Å². The summed E-state index contributed by atoms with van der Waals surface area (Å²) in [6.45, 7) is 7.10. The summed E-state index contributed by atoms with van der Waals surface area (Å²) in [4.78, 5) is 21.8. The standard InChI is InChI=1S/C15H25N3O2/c1-3-4-5-6-7-13-12(2)16-15(17-14(13)19)18-8-10-20-11-9-18/h3-11H2,1-2H3,(H,16,17,19). The third-order valence-electron chi connectivity index (χ3n) is 3.80. The lowest BCUT2D eigenvalue weighted by molar-refractivity contribution is 0.122. The van der Waals surface area contributed by atoms with Gasteiger partial charge in [0, 0.05) is 24.3 Å². The molecule has 2 heterocycles. The minimum Gasteiger partial charge on any atom is -0.378 e. The van der Waals surface area contributed by atoms with E-state index in [9.17, 15) is 4.79 Å². The monoisotopic (exact) mass is 279 g/mol. The number of hydrogen-bond donors (Lipinski definition) is 1. The molecule has 1 saturated heterocycles. The molecule has 1 N–H and O–H groups in total. The van der Waals surface area contributed by atoms with Crippen molar-refractivity contribution in [1.82, 2.24) is 9.97 Å². The highest BCUT2D eigenvalue weighted by Gasteiger charge is 2.15. The van der Waals surface area contributed by atoms with Gasteiger partial charge in [-0.3, -0.25) is 9.78 Å². The molecule has 0 spiro atoms. The van der Waals surface area contributed by atoms with Gasteiger partial charge in [0.15, 0.2) is 0 Å². The summed E-state index contributed by atoms with van der Waals surface area (Å²) in [5.41, 5.74) is 1.74. The maximum Gasteiger partial charge on any atom is 0.255 e. The lowest BCUT2D eigenvalue weighted by Gasteiger charge is -2.27. The van der Waals surface area contributed by atoms with E-state index in [0.29, 0.717) is 19.2 Å². The summed E-state index contributed by atoms with van der Waals surface area (Å²) in [6, 6.07) is 0. The molecule has 0 aliphatic carbocycles. The van der Waals surface area contributed by atoms with E-state index in [1.165, 1.54) is 19.3 Å². The number of aromatic nitrogens is 2. The van der Waals surface area contributed by atoms with Gasteiger partial charge in [0.05, 0.1) is 13.2 Å². The Morgan fingerprint density at radius 1 is 1.25 bits per heavy atom. The quantitative estimate of drug-likeness (QED) is 0.810. The molecule has 112 valence electrons. The van der Waals surface area contributed by atoms with Crippen LogP contribution in [-0.4, -0.2) is 36.3 Å². The topological polar surface area (TPSA) is 58.2 Å². The van der Waals surface area contributed by atoms with Crippen molar-refractivity contribution >= 4 is 5.95 Å². The van der Waals surface area contributed by atoms with Crippen molar-refractivity contribution in [3.8, 4) is 0 Å². The number of hydrogen-bond acceptors (Lipinski definition) is 4. The van der Waals surface area contributed by atoms with Crippen molar-refractivity contribution in [2.75, 3.05) is 31.2 Å². The summed E-state index contributed by atoms with van der Waals surface area (Å²) in [5.74, 6) is 0.688. The van der Waals surface area contributed by atoms with E-state index in [0.717, 1.165) is 37.2 Å². The van der Waals surface area contributed by atoms with Gasteiger partial charge >= 0.3 is 0 Å². The SMILES string of the molecule is CCCCCCc1c(C)nc(N2CCOCC2)[nH]c1=O. The number of unbranched alkanes of at least 4 members (excludes halogenated alkanes) is 3. The molecule has 2 rings (SSSR count). The minimum atomic E-state index is 0.0236. The van der Waals surface area contributed by atoms with Crippen molar-refractivity contribution < 1.29 is 4.74 Å². The van der Waals surface area contributed by atoms with Crippen LogP contribution in [0.1, 0.15) is 43.9 Å². The van der Waals surface area contributed by atoms with Crippen molar-refractivity contribution in [2.24, 2.45) is 0 Å². The van der Waals surface area contributed by atoms with Crippen LogP contribution in [0.5, 0.6) is 0 Å². The molecule has 5 nitrogen and oxygen atoms in total. The number of ether oxygens (including phenoxy) is 1. The predicted octanol–water partition coefficient (Wildman–Crippen LogP) is 2.04. The maximum absolute atomic E-state index is 12.2. The molecule has 0 bridgehead atoms. The molecule has 20 heavy (non-hydrogen) atoms. The Bertz CT molecular complexity index is 478. The van der Waals surface area contributed by atoms with Gasteiger partial charge in [0.25, 0.3) is 5.56 Å². The Labute approximate surface area is 120 Å². The molecule has 0 amide bonds. The molecule has 5 heteroatoms. The Morgan fingerprint density at radius 3 is 2.65 bits per heavy atom. The minimum absolute atomic E-state index is 0.0236. The van der Waals surface area contributed by atoms with Crippen molar-refractivity contribution in [2.45, 2.75) is 46.0 Å². The number of H-pyrrole nitrogens is 1. The molecule has 0 unspecified atom stereocenters. The average Bonchev–Trinajstić information content (AvgIpc) is 2.46. The molecule has 0 aromatic carbocycles. The van der Waals surface area contributed by atoms with Crippen LogP contribution in [0.15, 0.2) is 4.79 Å². The first kappa shape index (κ1) is 15.0. The Balaban J connectivity index is 2.05. The first-order chi connectivity index (χ1) is 9.72. The molecule has 1 aliphatic rings. The molecule has 1 aromatic heterocycles. The van der Waals surface area contributed by atoms with E-state index in [1.54, 1.807) is 0 Å². The fraction of sp³-hybridized carbons (Fsp3) is 0.733. The summed E-state index contributed by atoms with van der Waals surface area (Å²) >= 11 is 0. The van der Waals surface area contributed by atoms with Crippen LogP contribution in [-0.2, 0) is 11.2 Å². The van der Waals surface area contributed by atoms with E-state index in [2.05, 4.69) is 21.8 Å². The van der Waals surface area contributed by atoms with Crippen LogP contribution in [0.25, 0.3) is 0 Å². The number of nitrogens with zero attached hydrogens (tertiary/aromatic N) is 2. The molecular formula is C15H25N3O2. The highest BCUT2D eigenvalue weighted by Crippen LogP contribution is 2.12. The predicted molar refractivity (Wildman–Crippen MR) is 80.5 cm³/mol. The lowest BCUT2D eigenvalue weighted by atomic mass is 10.1. The van der Waals surface area contributed by atoms with Gasteiger partial charge in [0.2, 0.25) is 5.95 Å².